The summed E-state index contributed by atoms with van der Waals surface area (Å²) in [4.78, 5) is 0. The number of alkyl halides is 3. The highest BCUT2D eigenvalue weighted by atomic mass is 19.4. The van der Waals surface area contributed by atoms with Crippen molar-refractivity contribution in [3.63, 3.8) is 0 Å². The number of unbranched alkanes of at least 4 members (excludes halogenated alkanes) is 1. The molecule has 2 unspecified atom stereocenters. The lowest BCUT2D eigenvalue weighted by Crippen LogP contribution is -2.14. The number of halogens is 3. The van der Waals surface area contributed by atoms with Gasteiger partial charge >= 0.3 is 6.18 Å². The Bertz CT molecular complexity index is 364. The summed E-state index contributed by atoms with van der Waals surface area (Å²) < 4.78 is 39.0. The quantitative estimate of drug-likeness (QED) is 0.340. The van der Waals surface area contributed by atoms with Crippen LogP contribution in [0.5, 0.6) is 0 Å². The van der Waals surface area contributed by atoms with Crippen LogP contribution in [-0.2, 0) is 0 Å². The predicted octanol–water partition coefficient (Wildman–Crippen LogP) is 7.71. The topological polar surface area (TPSA) is 0 Å². The highest BCUT2D eigenvalue weighted by molar-refractivity contribution is 5.09. The van der Waals surface area contributed by atoms with E-state index in [1.54, 1.807) is 0 Å². The van der Waals surface area contributed by atoms with Crippen LogP contribution in [0.15, 0.2) is 23.8 Å². The highest BCUT2D eigenvalue weighted by Crippen LogP contribution is 2.32. The van der Waals surface area contributed by atoms with Gasteiger partial charge in [-0.2, -0.15) is 13.2 Å². The lowest BCUT2D eigenvalue weighted by Gasteiger charge is -2.24. The zero-order valence-corrected chi connectivity index (χ0v) is 15.6. The SMILES string of the molecule is C=C(CC(CC/C=C(\CCCC)C(F)(F)F)C(C)C)C(C)CC. The minimum absolute atomic E-state index is 0.145. The molecule has 0 radical (unpaired) electrons. The van der Waals surface area contributed by atoms with Crippen molar-refractivity contribution in [3.05, 3.63) is 23.8 Å². The van der Waals surface area contributed by atoms with Gasteiger partial charge in [-0.05, 0) is 56.3 Å². The molecular formula is C20H35F3. The van der Waals surface area contributed by atoms with Crippen molar-refractivity contribution in [1.29, 1.82) is 0 Å². The molecule has 23 heavy (non-hydrogen) atoms. The zero-order valence-electron chi connectivity index (χ0n) is 15.6. The molecular weight excluding hydrogens is 297 g/mol. The summed E-state index contributed by atoms with van der Waals surface area (Å²) in [6, 6.07) is 0. The van der Waals surface area contributed by atoms with Gasteiger partial charge in [0, 0.05) is 5.57 Å². The highest BCUT2D eigenvalue weighted by Gasteiger charge is 2.32. The van der Waals surface area contributed by atoms with Crippen LogP contribution in [0.3, 0.4) is 0 Å². The average molecular weight is 332 g/mol. The fourth-order valence-corrected chi connectivity index (χ4v) is 2.70. The van der Waals surface area contributed by atoms with Gasteiger partial charge in [0.15, 0.2) is 0 Å². The second-order valence-electron chi connectivity index (χ2n) is 7.08. The van der Waals surface area contributed by atoms with Crippen LogP contribution in [0.25, 0.3) is 0 Å². The van der Waals surface area contributed by atoms with E-state index in [9.17, 15) is 13.2 Å². The molecule has 0 aromatic carbocycles. The molecule has 0 spiro atoms. The van der Waals surface area contributed by atoms with E-state index in [0.717, 1.165) is 25.7 Å². The van der Waals surface area contributed by atoms with Crippen LogP contribution in [0, 0.1) is 17.8 Å². The molecule has 0 aliphatic carbocycles. The molecule has 0 saturated carbocycles. The molecule has 0 aliphatic heterocycles. The van der Waals surface area contributed by atoms with Crippen molar-refractivity contribution < 1.29 is 13.2 Å². The molecule has 136 valence electrons. The van der Waals surface area contributed by atoms with Crippen molar-refractivity contribution in [2.24, 2.45) is 17.8 Å². The Hall–Kier alpha value is -0.730. The molecule has 0 fully saturated rings. The lowest BCUT2D eigenvalue weighted by atomic mass is 9.82. The first-order valence-corrected chi connectivity index (χ1v) is 9.07. The molecule has 0 saturated heterocycles. The van der Waals surface area contributed by atoms with Gasteiger partial charge in [0.25, 0.3) is 0 Å². The summed E-state index contributed by atoms with van der Waals surface area (Å²) in [5.74, 6) is 1.37. The molecule has 3 heteroatoms. The van der Waals surface area contributed by atoms with Gasteiger partial charge in [0.1, 0.15) is 0 Å². The van der Waals surface area contributed by atoms with Gasteiger partial charge in [0.05, 0.1) is 0 Å². The first kappa shape index (κ1) is 22.3. The van der Waals surface area contributed by atoms with Crippen LogP contribution in [0.4, 0.5) is 13.2 Å². The Kier molecular flexibility index (Phi) is 10.6. The summed E-state index contributed by atoms with van der Waals surface area (Å²) in [6.45, 7) is 14.7. The normalized spacial score (nSPS) is 15.8. The summed E-state index contributed by atoms with van der Waals surface area (Å²) in [6.07, 6.45) is 2.09. The molecule has 0 nitrogen and oxygen atoms in total. The van der Waals surface area contributed by atoms with E-state index >= 15 is 0 Å². The maximum absolute atomic E-state index is 13.0. The van der Waals surface area contributed by atoms with Crippen molar-refractivity contribution in [2.75, 3.05) is 0 Å². The second-order valence-corrected chi connectivity index (χ2v) is 7.08. The second kappa shape index (κ2) is 10.9. The molecule has 0 N–H and O–H groups in total. The Morgan fingerprint density at radius 2 is 1.74 bits per heavy atom. The molecule has 0 aliphatic rings. The summed E-state index contributed by atoms with van der Waals surface area (Å²) in [5.41, 5.74) is 0.889. The summed E-state index contributed by atoms with van der Waals surface area (Å²) in [7, 11) is 0. The fourth-order valence-electron chi connectivity index (χ4n) is 2.70. The fraction of sp³-hybridized carbons (Fsp3) is 0.800. The third-order valence-corrected chi connectivity index (χ3v) is 4.87. The Labute approximate surface area is 141 Å². The van der Waals surface area contributed by atoms with E-state index in [4.69, 9.17) is 0 Å². The largest absolute Gasteiger partial charge is 0.412 e. The third kappa shape index (κ3) is 9.22. The van der Waals surface area contributed by atoms with Crippen LogP contribution in [-0.4, -0.2) is 6.18 Å². The van der Waals surface area contributed by atoms with Gasteiger partial charge in [-0.3, -0.25) is 0 Å². The Morgan fingerprint density at radius 3 is 2.17 bits per heavy atom. The number of rotatable bonds is 11. The van der Waals surface area contributed by atoms with Crippen molar-refractivity contribution in [2.45, 2.75) is 85.7 Å². The van der Waals surface area contributed by atoms with Gasteiger partial charge in [0.2, 0.25) is 0 Å². The van der Waals surface area contributed by atoms with E-state index in [2.05, 4.69) is 34.3 Å². The zero-order chi connectivity index (χ0) is 18.0. The van der Waals surface area contributed by atoms with Crippen LogP contribution < -0.4 is 0 Å². The predicted molar refractivity (Wildman–Crippen MR) is 94.4 cm³/mol. The van der Waals surface area contributed by atoms with Crippen molar-refractivity contribution in [1.82, 2.24) is 0 Å². The maximum atomic E-state index is 13.0. The third-order valence-electron chi connectivity index (χ3n) is 4.87. The number of hydrogen-bond acceptors (Lipinski definition) is 0. The number of allylic oxidation sites excluding steroid dienone is 3. The van der Waals surface area contributed by atoms with E-state index in [1.165, 1.54) is 11.6 Å². The minimum Gasteiger partial charge on any atom is -0.166 e. The minimum atomic E-state index is -4.18. The van der Waals surface area contributed by atoms with Crippen LogP contribution >= 0.6 is 0 Å². The van der Waals surface area contributed by atoms with Gasteiger partial charge in [-0.15, -0.1) is 0 Å². The maximum Gasteiger partial charge on any atom is 0.412 e. The first-order chi connectivity index (χ1) is 10.6. The molecule has 0 heterocycles. The molecule has 0 aromatic rings. The van der Waals surface area contributed by atoms with E-state index in [1.807, 2.05) is 6.92 Å². The lowest BCUT2D eigenvalue weighted by molar-refractivity contribution is -0.0944. The Morgan fingerprint density at radius 1 is 1.13 bits per heavy atom. The molecule has 0 amide bonds. The Balaban J connectivity index is 4.71. The van der Waals surface area contributed by atoms with Crippen molar-refractivity contribution >= 4 is 0 Å². The van der Waals surface area contributed by atoms with Crippen LogP contribution in [0.2, 0.25) is 0 Å². The van der Waals surface area contributed by atoms with E-state index < -0.39 is 6.18 Å². The monoisotopic (exact) mass is 332 g/mol. The summed E-state index contributed by atoms with van der Waals surface area (Å²) in [5, 5.41) is 0. The number of hydrogen-bond donors (Lipinski definition) is 0. The van der Waals surface area contributed by atoms with Gasteiger partial charge in [-0.25, -0.2) is 0 Å². The van der Waals surface area contributed by atoms with Gasteiger partial charge in [-0.1, -0.05) is 59.3 Å². The average Bonchev–Trinajstić information content (AvgIpc) is 2.46. The van der Waals surface area contributed by atoms with Crippen LogP contribution in [0.1, 0.15) is 79.6 Å². The first-order valence-electron chi connectivity index (χ1n) is 9.07. The molecule has 0 bridgehead atoms. The van der Waals surface area contributed by atoms with E-state index in [-0.39, 0.29) is 12.0 Å². The van der Waals surface area contributed by atoms with Crippen molar-refractivity contribution in [3.8, 4) is 0 Å². The summed E-state index contributed by atoms with van der Waals surface area (Å²) >= 11 is 0. The molecule has 0 rings (SSSR count). The molecule has 0 aromatic heterocycles. The molecule has 2 atom stereocenters. The smallest absolute Gasteiger partial charge is 0.166 e. The standard InChI is InChI=1S/C20H35F3/c1-7-9-12-19(20(21,22)23)13-10-11-18(15(3)4)14-17(6)16(5)8-2/h13,15-16,18H,6-12,14H2,1-5H3/b19-13+. The van der Waals surface area contributed by atoms with E-state index in [0.29, 0.717) is 30.6 Å². The van der Waals surface area contributed by atoms with Gasteiger partial charge < -0.3 is 0 Å².